The molecule has 0 aliphatic carbocycles. The third-order valence-corrected chi connectivity index (χ3v) is 1.96. The highest BCUT2D eigenvalue weighted by atomic mass is 35.5. The Morgan fingerprint density at radius 3 is 2.79 bits per heavy atom. The van der Waals surface area contributed by atoms with Gasteiger partial charge in [-0.05, 0) is 33.2 Å². The van der Waals surface area contributed by atoms with Crippen molar-refractivity contribution in [3.63, 3.8) is 0 Å². The van der Waals surface area contributed by atoms with Gasteiger partial charge in [0.05, 0.1) is 0 Å². The number of nitrogens with one attached hydrogen (secondary N) is 1. The first kappa shape index (κ1) is 11.3. The van der Waals surface area contributed by atoms with Gasteiger partial charge >= 0.3 is 0 Å². The molecule has 4 heteroatoms. The summed E-state index contributed by atoms with van der Waals surface area (Å²) in [4.78, 5) is 6.28. The molecule has 1 atom stereocenters. The second kappa shape index (κ2) is 5.17. The van der Waals surface area contributed by atoms with Crippen molar-refractivity contribution in [2.24, 2.45) is 0 Å². The molecular weight excluding hydrogens is 198 g/mol. The highest BCUT2D eigenvalue weighted by molar-refractivity contribution is 6.29. The molecule has 0 saturated heterocycles. The molecule has 0 bridgehead atoms. The molecule has 14 heavy (non-hydrogen) atoms. The number of rotatable bonds is 4. The molecule has 0 amide bonds. The summed E-state index contributed by atoms with van der Waals surface area (Å²) in [6.07, 6.45) is 0. The van der Waals surface area contributed by atoms with Gasteiger partial charge < -0.3 is 10.2 Å². The van der Waals surface area contributed by atoms with Crippen LogP contribution in [0.15, 0.2) is 18.2 Å². The summed E-state index contributed by atoms with van der Waals surface area (Å²) in [5.41, 5.74) is 0. The molecule has 1 rings (SSSR count). The van der Waals surface area contributed by atoms with E-state index in [-0.39, 0.29) is 0 Å². The zero-order valence-corrected chi connectivity index (χ0v) is 9.54. The number of nitrogens with zero attached hydrogens (tertiary/aromatic N) is 2. The number of aromatic nitrogens is 1. The van der Waals surface area contributed by atoms with Crippen LogP contribution in [-0.4, -0.2) is 36.6 Å². The third-order valence-electron chi connectivity index (χ3n) is 1.75. The van der Waals surface area contributed by atoms with E-state index in [9.17, 15) is 0 Å². The van der Waals surface area contributed by atoms with Crippen molar-refractivity contribution in [1.82, 2.24) is 9.88 Å². The van der Waals surface area contributed by atoms with Gasteiger partial charge in [-0.3, -0.25) is 0 Å². The van der Waals surface area contributed by atoms with Crippen LogP contribution in [0.2, 0.25) is 5.15 Å². The summed E-state index contributed by atoms with van der Waals surface area (Å²) >= 11 is 5.77. The minimum absolute atomic E-state index is 0.357. The lowest BCUT2D eigenvalue weighted by Gasteiger charge is -2.18. The van der Waals surface area contributed by atoms with Gasteiger partial charge in [-0.25, -0.2) is 4.98 Å². The smallest absolute Gasteiger partial charge is 0.131 e. The van der Waals surface area contributed by atoms with Crippen molar-refractivity contribution in [2.75, 3.05) is 26.0 Å². The first-order valence-electron chi connectivity index (χ1n) is 4.62. The summed E-state index contributed by atoms with van der Waals surface area (Å²) in [5.74, 6) is 0.826. The van der Waals surface area contributed by atoms with Gasteiger partial charge in [0, 0.05) is 12.6 Å². The van der Waals surface area contributed by atoms with Crippen LogP contribution in [-0.2, 0) is 0 Å². The zero-order chi connectivity index (χ0) is 10.6. The van der Waals surface area contributed by atoms with Crippen LogP contribution in [0.25, 0.3) is 0 Å². The zero-order valence-electron chi connectivity index (χ0n) is 8.79. The van der Waals surface area contributed by atoms with E-state index in [4.69, 9.17) is 11.6 Å². The van der Waals surface area contributed by atoms with Crippen LogP contribution >= 0.6 is 11.6 Å². The normalized spacial score (nSPS) is 12.9. The van der Waals surface area contributed by atoms with Crippen LogP contribution in [0.3, 0.4) is 0 Å². The number of hydrogen-bond acceptors (Lipinski definition) is 3. The summed E-state index contributed by atoms with van der Waals surface area (Å²) in [7, 11) is 4.09. The molecule has 0 saturated carbocycles. The second-order valence-electron chi connectivity index (χ2n) is 3.65. The number of likely N-dealkylation sites (N-methyl/N-ethyl adjacent to an activating group) is 1. The van der Waals surface area contributed by atoms with Crippen LogP contribution in [0.4, 0.5) is 5.82 Å². The van der Waals surface area contributed by atoms with Gasteiger partial charge in [-0.15, -0.1) is 0 Å². The molecule has 1 heterocycles. The Balaban J connectivity index is 2.51. The van der Waals surface area contributed by atoms with E-state index < -0.39 is 0 Å². The van der Waals surface area contributed by atoms with Gasteiger partial charge in [0.1, 0.15) is 11.0 Å². The monoisotopic (exact) mass is 213 g/mol. The molecule has 0 aliphatic heterocycles. The van der Waals surface area contributed by atoms with Crippen molar-refractivity contribution in [3.8, 4) is 0 Å². The Labute approximate surface area is 90.1 Å². The van der Waals surface area contributed by atoms with Crippen LogP contribution in [0, 0.1) is 0 Å². The van der Waals surface area contributed by atoms with Crippen LogP contribution in [0.1, 0.15) is 6.92 Å². The topological polar surface area (TPSA) is 28.2 Å². The van der Waals surface area contributed by atoms with Gasteiger partial charge in [-0.1, -0.05) is 17.7 Å². The first-order valence-corrected chi connectivity index (χ1v) is 4.99. The highest BCUT2D eigenvalue weighted by Gasteiger charge is 2.03. The Morgan fingerprint density at radius 1 is 1.50 bits per heavy atom. The quantitative estimate of drug-likeness (QED) is 0.777. The molecule has 1 aromatic rings. The molecule has 0 aromatic carbocycles. The molecule has 3 nitrogen and oxygen atoms in total. The minimum atomic E-state index is 0.357. The first-order chi connectivity index (χ1) is 6.58. The maximum atomic E-state index is 5.77. The highest BCUT2D eigenvalue weighted by Crippen LogP contribution is 2.10. The molecule has 78 valence electrons. The molecule has 0 fully saturated rings. The van der Waals surface area contributed by atoms with Crippen molar-refractivity contribution in [3.05, 3.63) is 23.4 Å². The Morgan fingerprint density at radius 2 is 2.21 bits per heavy atom. The van der Waals surface area contributed by atoms with Crippen LogP contribution < -0.4 is 5.32 Å². The predicted molar refractivity (Wildman–Crippen MR) is 60.9 cm³/mol. The molecule has 0 aliphatic rings. The standard InChI is InChI=1S/C10H16ClN3/c1-8(7-14(2)3)12-10-6-4-5-9(11)13-10/h4-6,8H,7H2,1-3H3,(H,12,13). The molecule has 0 spiro atoms. The number of pyridine rings is 1. The number of halogens is 1. The Hall–Kier alpha value is -0.800. The molecule has 1 unspecified atom stereocenters. The molecule has 0 radical (unpaired) electrons. The largest absolute Gasteiger partial charge is 0.366 e. The van der Waals surface area contributed by atoms with E-state index in [1.807, 2.05) is 26.2 Å². The van der Waals surface area contributed by atoms with Gasteiger partial charge in [0.2, 0.25) is 0 Å². The lowest BCUT2D eigenvalue weighted by Crippen LogP contribution is -2.29. The lowest BCUT2D eigenvalue weighted by molar-refractivity contribution is 0.392. The van der Waals surface area contributed by atoms with E-state index in [1.165, 1.54) is 0 Å². The van der Waals surface area contributed by atoms with Crippen molar-refractivity contribution >= 4 is 17.4 Å². The fourth-order valence-electron chi connectivity index (χ4n) is 1.33. The van der Waals surface area contributed by atoms with Gasteiger partial charge in [-0.2, -0.15) is 0 Å². The fraction of sp³-hybridized carbons (Fsp3) is 0.500. The minimum Gasteiger partial charge on any atom is -0.366 e. The van der Waals surface area contributed by atoms with Crippen molar-refractivity contribution in [1.29, 1.82) is 0 Å². The van der Waals surface area contributed by atoms with Crippen molar-refractivity contribution < 1.29 is 0 Å². The molecule has 1 N–H and O–H groups in total. The summed E-state index contributed by atoms with van der Waals surface area (Å²) in [5, 5.41) is 3.80. The van der Waals surface area contributed by atoms with Crippen molar-refractivity contribution in [2.45, 2.75) is 13.0 Å². The Bertz CT molecular complexity index is 288. The average Bonchev–Trinajstić information content (AvgIpc) is 2.01. The van der Waals surface area contributed by atoms with Crippen LogP contribution in [0.5, 0.6) is 0 Å². The summed E-state index contributed by atoms with van der Waals surface area (Å²) in [6.45, 7) is 3.08. The van der Waals surface area contributed by atoms with E-state index >= 15 is 0 Å². The second-order valence-corrected chi connectivity index (χ2v) is 4.04. The van der Waals surface area contributed by atoms with E-state index in [2.05, 4.69) is 22.1 Å². The maximum Gasteiger partial charge on any atom is 0.131 e. The van der Waals surface area contributed by atoms with E-state index in [0.717, 1.165) is 12.4 Å². The predicted octanol–water partition coefficient (Wildman–Crippen LogP) is 2.10. The fourth-order valence-corrected chi connectivity index (χ4v) is 1.50. The lowest BCUT2D eigenvalue weighted by atomic mass is 10.3. The van der Waals surface area contributed by atoms with E-state index in [1.54, 1.807) is 6.07 Å². The van der Waals surface area contributed by atoms with E-state index in [0.29, 0.717) is 11.2 Å². The third kappa shape index (κ3) is 3.94. The molecular formula is C10H16ClN3. The summed E-state index contributed by atoms with van der Waals surface area (Å²) in [6, 6.07) is 5.93. The molecule has 1 aromatic heterocycles. The number of hydrogen-bond donors (Lipinski definition) is 1. The summed E-state index contributed by atoms with van der Waals surface area (Å²) < 4.78 is 0. The van der Waals surface area contributed by atoms with Gasteiger partial charge in [0.25, 0.3) is 0 Å². The maximum absolute atomic E-state index is 5.77. The Kier molecular flexibility index (Phi) is 4.17. The average molecular weight is 214 g/mol. The number of anilines is 1. The SMILES string of the molecule is CC(CN(C)C)Nc1cccc(Cl)n1. The van der Waals surface area contributed by atoms with Gasteiger partial charge in [0.15, 0.2) is 0 Å².